The van der Waals surface area contributed by atoms with Crippen molar-refractivity contribution < 1.29 is 19.3 Å². The van der Waals surface area contributed by atoms with Crippen molar-refractivity contribution in [3.8, 4) is 34.4 Å². The van der Waals surface area contributed by atoms with Gasteiger partial charge in [-0.05, 0) is 36.5 Å². The molecule has 0 unspecified atom stereocenters. The van der Waals surface area contributed by atoms with Crippen LogP contribution in [0.15, 0.2) is 41.5 Å². The molecule has 0 aliphatic heterocycles. The first-order valence-corrected chi connectivity index (χ1v) is 8.29. The Morgan fingerprint density at radius 3 is 2.44 bits per heavy atom. The SMILES string of the molecule is COc1cccc(-c2n[nH]c(=S)n2/N=C/c2cc(OC)c(O)c(OC)c2)c1. The van der Waals surface area contributed by atoms with Crippen LogP contribution in [0.5, 0.6) is 23.0 Å². The predicted molar refractivity (Wildman–Crippen MR) is 104 cm³/mol. The molecule has 8 nitrogen and oxygen atoms in total. The number of hydrogen-bond donors (Lipinski definition) is 2. The number of nitrogens with zero attached hydrogens (tertiary/aromatic N) is 3. The van der Waals surface area contributed by atoms with Gasteiger partial charge in [0.2, 0.25) is 10.5 Å². The Balaban J connectivity index is 2.02. The second kappa shape index (κ2) is 7.92. The van der Waals surface area contributed by atoms with E-state index in [0.717, 1.165) is 5.56 Å². The zero-order chi connectivity index (χ0) is 19.4. The number of aromatic hydroxyl groups is 1. The summed E-state index contributed by atoms with van der Waals surface area (Å²) >= 11 is 5.28. The first-order valence-electron chi connectivity index (χ1n) is 7.88. The van der Waals surface area contributed by atoms with Crippen LogP contribution in [0.2, 0.25) is 0 Å². The van der Waals surface area contributed by atoms with E-state index in [2.05, 4.69) is 15.3 Å². The maximum absolute atomic E-state index is 10.0. The molecule has 0 bridgehead atoms. The molecule has 3 aromatic rings. The Labute approximate surface area is 160 Å². The minimum Gasteiger partial charge on any atom is -0.502 e. The van der Waals surface area contributed by atoms with Crippen molar-refractivity contribution in [1.29, 1.82) is 0 Å². The van der Waals surface area contributed by atoms with Crippen LogP contribution in [-0.2, 0) is 0 Å². The first-order chi connectivity index (χ1) is 13.1. The van der Waals surface area contributed by atoms with Gasteiger partial charge >= 0.3 is 0 Å². The summed E-state index contributed by atoms with van der Waals surface area (Å²) in [6.07, 6.45) is 1.57. The molecule has 0 fully saturated rings. The smallest absolute Gasteiger partial charge is 0.216 e. The van der Waals surface area contributed by atoms with Gasteiger partial charge in [-0.15, -0.1) is 0 Å². The first kappa shape index (κ1) is 18.5. The van der Waals surface area contributed by atoms with Gasteiger partial charge in [0.1, 0.15) is 5.75 Å². The molecule has 0 amide bonds. The normalized spacial score (nSPS) is 10.9. The summed E-state index contributed by atoms with van der Waals surface area (Å²) in [5.41, 5.74) is 1.45. The van der Waals surface area contributed by atoms with Crippen LogP contribution in [0.1, 0.15) is 5.56 Å². The molecule has 3 rings (SSSR count). The van der Waals surface area contributed by atoms with Crippen LogP contribution >= 0.6 is 12.2 Å². The Kier molecular flexibility index (Phi) is 5.41. The molecule has 0 radical (unpaired) electrons. The molecule has 0 saturated carbocycles. The quantitative estimate of drug-likeness (QED) is 0.499. The van der Waals surface area contributed by atoms with Crippen LogP contribution in [0.4, 0.5) is 0 Å². The molecule has 9 heteroatoms. The molecule has 0 atom stereocenters. The Hall–Kier alpha value is -3.33. The van der Waals surface area contributed by atoms with Gasteiger partial charge in [-0.2, -0.15) is 14.9 Å². The van der Waals surface area contributed by atoms with Crippen molar-refractivity contribution >= 4 is 18.4 Å². The molecule has 0 aliphatic rings. The van der Waals surface area contributed by atoms with Gasteiger partial charge in [-0.3, -0.25) is 0 Å². The largest absolute Gasteiger partial charge is 0.502 e. The van der Waals surface area contributed by atoms with Gasteiger partial charge in [-0.25, -0.2) is 5.10 Å². The zero-order valence-corrected chi connectivity index (χ0v) is 15.8. The van der Waals surface area contributed by atoms with Gasteiger partial charge in [0, 0.05) is 11.1 Å². The summed E-state index contributed by atoms with van der Waals surface area (Å²) in [6.45, 7) is 0. The minimum atomic E-state index is -0.0749. The third kappa shape index (κ3) is 3.77. The maximum atomic E-state index is 10.0. The van der Waals surface area contributed by atoms with E-state index in [1.54, 1.807) is 25.5 Å². The summed E-state index contributed by atoms with van der Waals surface area (Å²) in [7, 11) is 4.52. The molecule has 0 spiro atoms. The van der Waals surface area contributed by atoms with E-state index in [1.807, 2.05) is 24.3 Å². The van der Waals surface area contributed by atoms with Gasteiger partial charge in [0.25, 0.3) is 0 Å². The number of nitrogens with one attached hydrogen (secondary N) is 1. The lowest BCUT2D eigenvalue weighted by Gasteiger charge is -2.09. The lowest BCUT2D eigenvalue weighted by atomic mass is 10.2. The van der Waals surface area contributed by atoms with Crippen molar-refractivity contribution in [3.05, 3.63) is 46.7 Å². The fraction of sp³-hybridized carbons (Fsp3) is 0.167. The number of hydrogen-bond acceptors (Lipinski definition) is 7. The van der Waals surface area contributed by atoms with Crippen molar-refractivity contribution in [1.82, 2.24) is 14.9 Å². The number of rotatable bonds is 6. The highest BCUT2D eigenvalue weighted by molar-refractivity contribution is 7.71. The fourth-order valence-electron chi connectivity index (χ4n) is 2.46. The third-order valence-electron chi connectivity index (χ3n) is 3.80. The van der Waals surface area contributed by atoms with Gasteiger partial charge in [0.15, 0.2) is 17.3 Å². The van der Waals surface area contributed by atoms with E-state index >= 15 is 0 Å². The van der Waals surface area contributed by atoms with E-state index in [1.165, 1.54) is 18.9 Å². The van der Waals surface area contributed by atoms with E-state index in [-0.39, 0.29) is 17.2 Å². The summed E-state index contributed by atoms with van der Waals surface area (Å²) in [6, 6.07) is 10.7. The van der Waals surface area contributed by atoms with E-state index in [0.29, 0.717) is 21.9 Å². The Bertz CT molecular complexity index is 1020. The molecule has 1 heterocycles. The summed E-state index contributed by atoms with van der Waals surface area (Å²) in [5, 5.41) is 21.4. The second-order valence-electron chi connectivity index (χ2n) is 5.41. The summed E-state index contributed by atoms with van der Waals surface area (Å²) in [4.78, 5) is 0. The molecule has 27 heavy (non-hydrogen) atoms. The zero-order valence-electron chi connectivity index (χ0n) is 15.0. The van der Waals surface area contributed by atoms with Gasteiger partial charge in [-0.1, -0.05) is 12.1 Å². The summed E-state index contributed by atoms with van der Waals surface area (Å²) < 4.78 is 17.4. The van der Waals surface area contributed by atoms with Gasteiger partial charge < -0.3 is 19.3 Å². The van der Waals surface area contributed by atoms with Crippen LogP contribution in [-0.4, -0.2) is 47.5 Å². The third-order valence-corrected chi connectivity index (χ3v) is 4.07. The molecular formula is C18H18N4O4S. The topological polar surface area (TPSA) is 93.9 Å². The molecule has 0 saturated heterocycles. The van der Waals surface area contributed by atoms with Crippen LogP contribution in [0.3, 0.4) is 0 Å². The fourth-order valence-corrected chi connectivity index (χ4v) is 2.64. The van der Waals surface area contributed by atoms with Crippen molar-refractivity contribution in [3.63, 3.8) is 0 Å². The molecule has 2 N–H and O–H groups in total. The van der Waals surface area contributed by atoms with Crippen LogP contribution in [0.25, 0.3) is 11.4 Å². The average molecular weight is 386 g/mol. The molecule has 0 aliphatic carbocycles. The molecule has 1 aromatic heterocycles. The van der Waals surface area contributed by atoms with E-state index < -0.39 is 0 Å². The monoisotopic (exact) mass is 386 g/mol. The highest BCUT2D eigenvalue weighted by Crippen LogP contribution is 2.36. The van der Waals surface area contributed by atoms with E-state index in [9.17, 15) is 5.11 Å². The highest BCUT2D eigenvalue weighted by atomic mass is 32.1. The number of phenols is 1. The number of phenolic OH excluding ortho intramolecular Hbond substituents is 1. The number of aromatic amines is 1. The second-order valence-corrected chi connectivity index (χ2v) is 5.80. The molecular weight excluding hydrogens is 368 g/mol. The van der Waals surface area contributed by atoms with Crippen molar-refractivity contribution in [2.75, 3.05) is 21.3 Å². The summed E-state index contributed by atoms with van der Waals surface area (Å²) in [5.74, 6) is 1.71. The lowest BCUT2D eigenvalue weighted by molar-refractivity contribution is 0.340. The average Bonchev–Trinajstić information content (AvgIpc) is 3.07. The minimum absolute atomic E-state index is 0.0749. The number of benzene rings is 2. The number of methoxy groups -OCH3 is 3. The number of aromatic nitrogens is 3. The number of H-pyrrole nitrogens is 1. The Morgan fingerprint density at radius 2 is 1.81 bits per heavy atom. The molecule has 140 valence electrons. The highest BCUT2D eigenvalue weighted by Gasteiger charge is 2.12. The van der Waals surface area contributed by atoms with Crippen LogP contribution in [0, 0.1) is 4.77 Å². The lowest BCUT2D eigenvalue weighted by Crippen LogP contribution is -1.97. The van der Waals surface area contributed by atoms with Crippen molar-refractivity contribution in [2.24, 2.45) is 5.10 Å². The standard InChI is InChI=1S/C18H18N4O4S/c1-24-13-6-4-5-12(9-13)17-20-21-18(27)22(17)19-10-11-7-14(25-2)16(23)15(8-11)26-3/h4-10,23H,1-3H3,(H,21,27)/b19-10+. The Morgan fingerprint density at radius 1 is 1.11 bits per heavy atom. The van der Waals surface area contributed by atoms with E-state index in [4.69, 9.17) is 26.4 Å². The maximum Gasteiger partial charge on any atom is 0.216 e. The van der Waals surface area contributed by atoms with Crippen molar-refractivity contribution in [2.45, 2.75) is 0 Å². The van der Waals surface area contributed by atoms with Gasteiger partial charge in [0.05, 0.1) is 27.5 Å². The predicted octanol–water partition coefficient (Wildman–Crippen LogP) is 3.22. The molecule has 2 aromatic carbocycles. The van der Waals surface area contributed by atoms with Crippen LogP contribution < -0.4 is 14.2 Å². The number of ether oxygens (including phenoxy) is 3.